The normalized spacial score (nSPS) is 29.2. The van der Waals surface area contributed by atoms with Crippen LogP contribution in [0.3, 0.4) is 0 Å². The molecular weight excluding hydrogens is 210 g/mol. The predicted octanol–water partition coefficient (Wildman–Crippen LogP) is 3.31. The Kier molecular flexibility index (Phi) is 4.06. The number of phenolic OH excluding ortho intramolecular Hbond substituents is 1. The lowest BCUT2D eigenvalue weighted by Gasteiger charge is -2.32. The second-order valence-corrected chi connectivity index (χ2v) is 5.62. The van der Waals surface area contributed by atoms with Crippen LogP contribution in [0.4, 0.5) is 0 Å². The third-order valence-corrected chi connectivity index (χ3v) is 3.75. The first-order valence-corrected chi connectivity index (χ1v) is 6.65. The molecule has 1 aromatic rings. The molecule has 2 unspecified atom stereocenters. The van der Waals surface area contributed by atoms with Crippen LogP contribution in [0.15, 0.2) is 24.3 Å². The Morgan fingerprint density at radius 3 is 2.41 bits per heavy atom. The van der Waals surface area contributed by atoms with Crippen LogP contribution < -0.4 is 5.32 Å². The molecule has 0 aromatic heterocycles. The summed E-state index contributed by atoms with van der Waals surface area (Å²) in [7, 11) is 0. The number of hydrogen-bond acceptors (Lipinski definition) is 2. The van der Waals surface area contributed by atoms with Gasteiger partial charge in [0, 0.05) is 18.2 Å². The van der Waals surface area contributed by atoms with Crippen molar-refractivity contribution in [3.63, 3.8) is 0 Å². The van der Waals surface area contributed by atoms with E-state index in [4.69, 9.17) is 0 Å². The molecule has 2 atom stereocenters. The molecule has 0 saturated heterocycles. The molecule has 0 aliphatic heterocycles. The summed E-state index contributed by atoms with van der Waals surface area (Å²) in [6.45, 7) is 5.45. The van der Waals surface area contributed by atoms with E-state index in [1.165, 1.54) is 19.3 Å². The number of rotatable bonds is 3. The highest BCUT2D eigenvalue weighted by molar-refractivity contribution is 5.31. The molecule has 0 bridgehead atoms. The average molecular weight is 233 g/mol. The van der Waals surface area contributed by atoms with Crippen LogP contribution >= 0.6 is 0 Å². The highest BCUT2D eigenvalue weighted by Crippen LogP contribution is 2.28. The van der Waals surface area contributed by atoms with Gasteiger partial charge >= 0.3 is 0 Å². The molecule has 2 rings (SSSR count). The minimum absolute atomic E-state index is 0.400. The van der Waals surface area contributed by atoms with Gasteiger partial charge in [-0.2, -0.15) is 0 Å². The lowest BCUT2D eigenvalue weighted by atomic mass is 9.80. The zero-order chi connectivity index (χ0) is 12.3. The van der Waals surface area contributed by atoms with E-state index in [-0.39, 0.29) is 0 Å². The van der Waals surface area contributed by atoms with E-state index in [0.29, 0.717) is 11.8 Å². The number of hydrogen-bond donors (Lipinski definition) is 2. The predicted molar refractivity (Wildman–Crippen MR) is 70.9 cm³/mol. The maximum Gasteiger partial charge on any atom is 0.120 e. The monoisotopic (exact) mass is 233 g/mol. The fourth-order valence-corrected chi connectivity index (χ4v) is 3.03. The van der Waals surface area contributed by atoms with E-state index in [2.05, 4.69) is 19.2 Å². The fraction of sp³-hybridized carbons (Fsp3) is 0.600. The molecule has 2 N–H and O–H groups in total. The van der Waals surface area contributed by atoms with Crippen molar-refractivity contribution in [2.45, 2.75) is 45.7 Å². The van der Waals surface area contributed by atoms with E-state index in [9.17, 15) is 5.11 Å². The molecule has 1 aliphatic rings. The zero-order valence-electron chi connectivity index (χ0n) is 10.8. The quantitative estimate of drug-likeness (QED) is 0.839. The Labute approximate surface area is 104 Å². The first kappa shape index (κ1) is 12.4. The third kappa shape index (κ3) is 3.47. The highest BCUT2D eigenvalue weighted by atomic mass is 16.3. The van der Waals surface area contributed by atoms with Crippen LogP contribution in [0.25, 0.3) is 0 Å². The van der Waals surface area contributed by atoms with Gasteiger partial charge in [0.2, 0.25) is 0 Å². The standard InChI is InChI=1S/C15H23NO/c1-11-7-12(2)9-14(8-11)16-10-13-5-3-4-6-15(13)17/h3-6,11-12,14,16-17H,7-10H2,1-2H3. The summed E-state index contributed by atoms with van der Waals surface area (Å²) in [5.41, 5.74) is 0.998. The molecule has 1 aromatic carbocycles. The van der Waals surface area contributed by atoms with Crippen LogP contribution in [0.2, 0.25) is 0 Å². The second kappa shape index (κ2) is 5.54. The number of para-hydroxylation sites is 1. The smallest absolute Gasteiger partial charge is 0.120 e. The summed E-state index contributed by atoms with van der Waals surface area (Å²) in [6, 6.07) is 8.18. The Bertz CT molecular complexity index is 354. The Morgan fingerprint density at radius 1 is 1.12 bits per heavy atom. The summed E-state index contributed by atoms with van der Waals surface area (Å²) >= 11 is 0. The molecule has 94 valence electrons. The molecule has 0 amide bonds. The molecule has 2 nitrogen and oxygen atoms in total. The summed E-state index contributed by atoms with van der Waals surface area (Å²) in [6.07, 6.45) is 3.88. The average Bonchev–Trinajstić information content (AvgIpc) is 2.27. The summed E-state index contributed by atoms with van der Waals surface area (Å²) in [5.74, 6) is 2.04. The van der Waals surface area contributed by atoms with Crippen molar-refractivity contribution in [2.24, 2.45) is 11.8 Å². The van der Waals surface area contributed by atoms with Crippen molar-refractivity contribution in [1.82, 2.24) is 5.32 Å². The molecular formula is C15H23NO. The molecule has 0 radical (unpaired) electrons. The number of aromatic hydroxyl groups is 1. The highest BCUT2D eigenvalue weighted by Gasteiger charge is 2.23. The van der Waals surface area contributed by atoms with E-state index in [0.717, 1.165) is 23.9 Å². The summed E-state index contributed by atoms with van der Waals surface area (Å²) in [4.78, 5) is 0. The van der Waals surface area contributed by atoms with Crippen molar-refractivity contribution in [3.8, 4) is 5.75 Å². The van der Waals surface area contributed by atoms with Gasteiger partial charge in [0.25, 0.3) is 0 Å². The van der Waals surface area contributed by atoms with Gasteiger partial charge in [-0.05, 0) is 37.2 Å². The summed E-state index contributed by atoms with van der Waals surface area (Å²) < 4.78 is 0. The molecule has 2 heteroatoms. The zero-order valence-corrected chi connectivity index (χ0v) is 10.8. The topological polar surface area (TPSA) is 32.3 Å². The molecule has 1 fully saturated rings. The van der Waals surface area contributed by atoms with Crippen molar-refractivity contribution < 1.29 is 5.11 Å². The van der Waals surface area contributed by atoms with E-state index < -0.39 is 0 Å². The van der Waals surface area contributed by atoms with Crippen LogP contribution in [0.5, 0.6) is 5.75 Å². The van der Waals surface area contributed by atoms with Gasteiger partial charge in [0.05, 0.1) is 0 Å². The minimum Gasteiger partial charge on any atom is -0.508 e. The fourth-order valence-electron chi connectivity index (χ4n) is 3.03. The summed E-state index contributed by atoms with van der Waals surface area (Å²) in [5, 5.41) is 13.3. The van der Waals surface area contributed by atoms with Crippen molar-refractivity contribution in [2.75, 3.05) is 0 Å². The molecule has 17 heavy (non-hydrogen) atoms. The van der Waals surface area contributed by atoms with E-state index in [1.807, 2.05) is 18.2 Å². The van der Waals surface area contributed by atoms with E-state index in [1.54, 1.807) is 6.07 Å². The lowest BCUT2D eigenvalue weighted by Crippen LogP contribution is -2.35. The number of phenols is 1. The maximum absolute atomic E-state index is 9.70. The molecule has 0 heterocycles. The number of benzene rings is 1. The first-order chi connectivity index (χ1) is 8.15. The Hall–Kier alpha value is -1.02. The molecule has 0 spiro atoms. The van der Waals surface area contributed by atoms with Gasteiger partial charge in [-0.3, -0.25) is 0 Å². The van der Waals surface area contributed by atoms with Crippen LogP contribution in [-0.2, 0) is 6.54 Å². The van der Waals surface area contributed by atoms with Crippen molar-refractivity contribution in [3.05, 3.63) is 29.8 Å². The molecule has 1 saturated carbocycles. The van der Waals surface area contributed by atoms with Crippen LogP contribution in [0.1, 0.15) is 38.7 Å². The number of nitrogens with one attached hydrogen (secondary N) is 1. The SMILES string of the molecule is CC1CC(C)CC(NCc2ccccc2O)C1. The Balaban J connectivity index is 1.88. The van der Waals surface area contributed by atoms with Gasteiger partial charge < -0.3 is 10.4 Å². The largest absolute Gasteiger partial charge is 0.508 e. The van der Waals surface area contributed by atoms with Gasteiger partial charge in [-0.1, -0.05) is 32.0 Å². The van der Waals surface area contributed by atoms with Gasteiger partial charge in [0.15, 0.2) is 0 Å². The van der Waals surface area contributed by atoms with E-state index >= 15 is 0 Å². The first-order valence-electron chi connectivity index (χ1n) is 6.65. The second-order valence-electron chi connectivity index (χ2n) is 5.62. The molecule has 1 aliphatic carbocycles. The van der Waals surface area contributed by atoms with Crippen molar-refractivity contribution >= 4 is 0 Å². The van der Waals surface area contributed by atoms with Crippen molar-refractivity contribution in [1.29, 1.82) is 0 Å². The van der Waals surface area contributed by atoms with Gasteiger partial charge in [0.1, 0.15) is 5.75 Å². The van der Waals surface area contributed by atoms with Gasteiger partial charge in [-0.25, -0.2) is 0 Å². The maximum atomic E-state index is 9.70. The van der Waals surface area contributed by atoms with Crippen LogP contribution in [-0.4, -0.2) is 11.1 Å². The van der Waals surface area contributed by atoms with Gasteiger partial charge in [-0.15, -0.1) is 0 Å². The Morgan fingerprint density at radius 2 is 1.76 bits per heavy atom. The minimum atomic E-state index is 0.400. The lowest BCUT2D eigenvalue weighted by molar-refractivity contribution is 0.237. The third-order valence-electron chi connectivity index (χ3n) is 3.75. The van der Waals surface area contributed by atoms with Crippen LogP contribution in [0, 0.1) is 11.8 Å².